The van der Waals surface area contributed by atoms with E-state index in [9.17, 15) is 4.79 Å². The minimum absolute atomic E-state index is 0.150. The van der Waals surface area contributed by atoms with Gasteiger partial charge in [0.15, 0.2) is 5.78 Å². The minimum atomic E-state index is 0.150. The largest absolute Gasteiger partial charge is 0.308 e. The van der Waals surface area contributed by atoms with Gasteiger partial charge < -0.3 is 4.90 Å². The fraction of sp³-hybridized carbons (Fsp3) is 0.692. The number of carbonyl (C=O) groups is 1. The number of hydrogen-bond donors (Lipinski definition) is 0. The second kappa shape index (κ2) is 5.85. The van der Waals surface area contributed by atoms with Gasteiger partial charge in [0.05, 0.1) is 17.8 Å². The molecule has 0 bridgehead atoms. The third-order valence-corrected chi connectivity index (χ3v) is 3.79. The van der Waals surface area contributed by atoms with Gasteiger partial charge in [-0.05, 0) is 26.9 Å². The van der Waals surface area contributed by atoms with Crippen LogP contribution in [0.2, 0.25) is 5.02 Å². The number of nitrogens with zero attached hydrogens (tertiary/aromatic N) is 3. The van der Waals surface area contributed by atoms with Crippen LogP contribution < -0.4 is 0 Å². The van der Waals surface area contributed by atoms with Crippen molar-refractivity contribution in [1.29, 1.82) is 0 Å². The maximum atomic E-state index is 12.4. The minimum Gasteiger partial charge on any atom is -0.308 e. The molecule has 0 aliphatic heterocycles. The fourth-order valence-corrected chi connectivity index (χ4v) is 2.69. The standard InChI is InChI=1S/C13H20ClN3O/c1-16(2)7-8-17-12(11(14)9-15-17)13(18)10-5-3-4-6-10/h9-10H,3-8H2,1-2H3. The summed E-state index contributed by atoms with van der Waals surface area (Å²) in [4.78, 5) is 14.5. The van der Waals surface area contributed by atoms with Gasteiger partial charge >= 0.3 is 0 Å². The summed E-state index contributed by atoms with van der Waals surface area (Å²) >= 11 is 6.12. The molecule has 100 valence electrons. The molecular weight excluding hydrogens is 250 g/mol. The zero-order valence-corrected chi connectivity index (χ0v) is 11.8. The van der Waals surface area contributed by atoms with E-state index in [1.54, 1.807) is 10.9 Å². The monoisotopic (exact) mass is 269 g/mol. The molecule has 0 saturated heterocycles. The van der Waals surface area contributed by atoms with Crippen LogP contribution in [0.4, 0.5) is 0 Å². The molecule has 4 nitrogen and oxygen atoms in total. The number of carbonyl (C=O) groups excluding carboxylic acids is 1. The van der Waals surface area contributed by atoms with Crippen LogP contribution in [-0.4, -0.2) is 41.1 Å². The number of Topliss-reactive ketones (excluding diaryl/α,β-unsaturated/α-hetero) is 1. The van der Waals surface area contributed by atoms with Gasteiger partial charge in [-0.1, -0.05) is 24.4 Å². The molecule has 1 aliphatic carbocycles. The summed E-state index contributed by atoms with van der Waals surface area (Å²) in [6, 6.07) is 0. The number of rotatable bonds is 5. The average Bonchev–Trinajstić information content (AvgIpc) is 2.94. The van der Waals surface area contributed by atoms with Crippen molar-refractivity contribution in [3.63, 3.8) is 0 Å². The Hall–Kier alpha value is -0.870. The Balaban J connectivity index is 2.14. The highest BCUT2D eigenvalue weighted by molar-refractivity contribution is 6.33. The summed E-state index contributed by atoms with van der Waals surface area (Å²) in [5, 5.41) is 4.71. The molecule has 0 radical (unpaired) electrons. The van der Waals surface area contributed by atoms with Crippen LogP contribution in [-0.2, 0) is 6.54 Å². The molecule has 0 atom stereocenters. The van der Waals surface area contributed by atoms with Crippen molar-refractivity contribution in [2.24, 2.45) is 5.92 Å². The van der Waals surface area contributed by atoms with Crippen LogP contribution in [0, 0.1) is 5.92 Å². The highest BCUT2D eigenvalue weighted by atomic mass is 35.5. The van der Waals surface area contributed by atoms with Gasteiger partial charge in [0.2, 0.25) is 0 Å². The van der Waals surface area contributed by atoms with E-state index < -0.39 is 0 Å². The van der Waals surface area contributed by atoms with Crippen LogP contribution in [0.1, 0.15) is 36.2 Å². The molecule has 1 heterocycles. The van der Waals surface area contributed by atoms with Gasteiger partial charge in [-0.2, -0.15) is 5.10 Å². The van der Waals surface area contributed by atoms with E-state index in [1.165, 1.54) is 0 Å². The Bertz CT molecular complexity index is 422. The molecule has 0 unspecified atom stereocenters. The van der Waals surface area contributed by atoms with E-state index in [4.69, 9.17) is 11.6 Å². The van der Waals surface area contributed by atoms with Crippen molar-refractivity contribution in [2.45, 2.75) is 32.2 Å². The molecule has 1 aromatic heterocycles. The highest BCUT2D eigenvalue weighted by Gasteiger charge is 2.28. The molecule has 1 saturated carbocycles. The summed E-state index contributed by atoms with van der Waals surface area (Å²) in [7, 11) is 4.01. The molecule has 1 fully saturated rings. The normalized spacial score (nSPS) is 16.7. The quantitative estimate of drug-likeness (QED) is 0.771. The first-order valence-corrected chi connectivity index (χ1v) is 6.87. The molecule has 0 amide bonds. The molecule has 1 aromatic rings. The fourth-order valence-electron chi connectivity index (χ4n) is 2.45. The third-order valence-electron chi connectivity index (χ3n) is 3.51. The second-order valence-electron chi connectivity index (χ2n) is 5.21. The summed E-state index contributed by atoms with van der Waals surface area (Å²) in [6.45, 7) is 1.55. The van der Waals surface area contributed by atoms with Crippen molar-refractivity contribution in [1.82, 2.24) is 14.7 Å². The Labute approximate surface area is 113 Å². The van der Waals surface area contributed by atoms with Crippen molar-refractivity contribution in [2.75, 3.05) is 20.6 Å². The van der Waals surface area contributed by atoms with Gasteiger partial charge in [0.25, 0.3) is 0 Å². The topological polar surface area (TPSA) is 38.1 Å². The Morgan fingerprint density at radius 2 is 2.17 bits per heavy atom. The van der Waals surface area contributed by atoms with Crippen molar-refractivity contribution >= 4 is 17.4 Å². The maximum absolute atomic E-state index is 12.4. The van der Waals surface area contributed by atoms with Gasteiger partial charge in [-0.25, -0.2) is 0 Å². The molecule has 0 spiro atoms. The van der Waals surface area contributed by atoms with E-state index in [1.807, 2.05) is 14.1 Å². The highest BCUT2D eigenvalue weighted by Crippen LogP contribution is 2.30. The lowest BCUT2D eigenvalue weighted by atomic mass is 10.00. The molecule has 0 aromatic carbocycles. The summed E-state index contributed by atoms with van der Waals surface area (Å²) in [5.74, 6) is 0.325. The van der Waals surface area contributed by atoms with Crippen LogP contribution in [0.25, 0.3) is 0 Å². The van der Waals surface area contributed by atoms with Crippen LogP contribution >= 0.6 is 11.6 Å². The Kier molecular flexibility index (Phi) is 4.40. The van der Waals surface area contributed by atoms with E-state index in [2.05, 4.69) is 10.00 Å². The SMILES string of the molecule is CN(C)CCn1ncc(Cl)c1C(=O)C1CCCC1. The van der Waals surface area contributed by atoms with E-state index in [0.717, 1.165) is 32.2 Å². The molecule has 1 aliphatic rings. The lowest BCUT2D eigenvalue weighted by Crippen LogP contribution is -2.23. The Morgan fingerprint density at radius 3 is 2.78 bits per heavy atom. The van der Waals surface area contributed by atoms with Crippen LogP contribution in [0.5, 0.6) is 0 Å². The lowest BCUT2D eigenvalue weighted by molar-refractivity contribution is 0.0911. The molecular formula is C13H20ClN3O. The summed E-state index contributed by atoms with van der Waals surface area (Å²) < 4.78 is 1.75. The van der Waals surface area contributed by atoms with Crippen LogP contribution in [0.3, 0.4) is 0 Å². The first-order valence-electron chi connectivity index (χ1n) is 6.50. The molecule has 2 rings (SSSR count). The smallest absolute Gasteiger partial charge is 0.185 e. The van der Waals surface area contributed by atoms with Gasteiger partial charge in [0, 0.05) is 12.5 Å². The van der Waals surface area contributed by atoms with Gasteiger partial charge in [-0.15, -0.1) is 0 Å². The van der Waals surface area contributed by atoms with E-state index in [0.29, 0.717) is 17.3 Å². The summed E-state index contributed by atoms with van der Waals surface area (Å²) in [6.07, 6.45) is 5.88. The van der Waals surface area contributed by atoms with E-state index in [-0.39, 0.29) is 11.7 Å². The average molecular weight is 270 g/mol. The Morgan fingerprint density at radius 1 is 1.50 bits per heavy atom. The molecule has 5 heteroatoms. The van der Waals surface area contributed by atoms with Crippen LogP contribution in [0.15, 0.2) is 6.20 Å². The van der Waals surface area contributed by atoms with Crippen molar-refractivity contribution in [3.8, 4) is 0 Å². The predicted molar refractivity (Wildman–Crippen MR) is 72.1 cm³/mol. The van der Waals surface area contributed by atoms with Crippen molar-refractivity contribution in [3.05, 3.63) is 16.9 Å². The number of halogens is 1. The van der Waals surface area contributed by atoms with E-state index >= 15 is 0 Å². The number of likely N-dealkylation sites (N-methyl/N-ethyl adjacent to an activating group) is 1. The maximum Gasteiger partial charge on any atom is 0.185 e. The summed E-state index contributed by atoms with van der Waals surface area (Å²) in [5.41, 5.74) is 0.602. The van der Waals surface area contributed by atoms with Crippen molar-refractivity contribution < 1.29 is 4.79 Å². The second-order valence-corrected chi connectivity index (χ2v) is 5.62. The molecule has 0 N–H and O–H groups in total. The number of hydrogen-bond acceptors (Lipinski definition) is 3. The number of aromatic nitrogens is 2. The zero-order valence-electron chi connectivity index (χ0n) is 11.0. The predicted octanol–water partition coefficient (Wildman–Crippen LogP) is 2.47. The zero-order chi connectivity index (χ0) is 13.1. The first kappa shape index (κ1) is 13.6. The third kappa shape index (κ3) is 2.93. The lowest BCUT2D eigenvalue weighted by Gasteiger charge is -2.13. The van der Waals surface area contributed by atoms with Gasteiger partial charge in [0.1, 0.15) is 5.69 Å². The van der Waals surface area contributed by atoms with Gasteiger partial charge in [-0.3, -0.25) is 9.48 Å². The molecule has 18 heavy (non-hydrogen) atoms. The number of ketones is 1. The first-order chi connectivity index (χ1) is 8.59.